The second-order valence-corrected chi connectivity index (χ2v) is 9.28. The standard InChI is InChI=1S/C24H30BrNO8/c1-15-19(16-10-6-5-7-11-16)33-23(30)26(15)22(29)21(32-2)20-17(28)14-18(25)24(31,34-20)12-8-3-4-9-13-27/h5-7,10-11,14-15,19-21,27,31H,3-4,8-9,12-13H2,1-2H3. The Morgan fingerprint density at radius 2 is 1.88 bits per heavy atom. The lowest BCUT2D eigenvalue weighted by molar-refractivity contribution is -0.227. The summed E-state index contributed by atoms with van der Waals surface area (Å²) < 4.78 is 16.7. The largest absolute Gasteiger partial charge is 0.439 e. The van der Waals surface area contributed by atoms with Gasteiger partial charge in [-0.25, -0.2) is 9.69 Å². The van der Waals surface area contributed by atoms with E-state index in [9.17, 15) is 19.5 Å². The molecule has 1 saturated heterocycles. The Morgan fingerprint density at radius 1 is 1.21 bits per heavy atom. The lowest BCUT2D eigenvalue weighted by atomic mass is 9.98. The van der Waals surface area contributed by atoms with E-state index in [0.29, 0.717) is 12.8 Å². The number of halogens is 1. The van der Waals surface area contributed by atoms with Gasteiger partial charge in [-0.2, -0.15) is 0 Å². The van der Waals surface area contributed by atoms with Gasteiger partial charge in [-0.1, -0.05) is 43.2 Å². The van der Waals surface area contributed by atoms with Crippen LogP contribution in [-0.4, -0.2) is 70.7 Å². The van der Waals surface area contributed by atoms with Gasteiger partial charge in [-0.15, -0.1) is 0 Å². The Balaban J connectivity index is 1.76. The lowest BCUT2D eigenvalue weighted by Crippen LogP contribution is -2.56. The maximum atomic E-state index is 13.4. The number of carbonyl (C=O) groups is 3. The van der Waals surface area contributed by atoms with Crippen molar-refractivity contribution in [3.05, 3.63) is 46.5 Å². The van der Waals surface area contributed by atoms with Gasteiger partial charge >= 0.3 is 6.09 Å². The summed E-state index contributed by atoms with van der Waals surface area (Å²) in [5.41, 5.74) is 0.736. The number of nitrogens with zero attached hydrogens (tertiary/aromatic N) is 1. The minimum atomic E-state index is -1.82. The number of hydrogen-bond donors (Lipinski definition) is 2. The SMILES string of the molecule is COC(C(=O)N1C(=O)OC(c2ccccc2)C1C)C1OC(O)(CCCCCCO)C(Br)=CC1=O. The number of imide groups is 1. The van der Waals surface area contributed by atoms with Crippen LogP contribution in [0.1, 0.15) is 50.7 Å². The van der Waals surface area contributed by atoms with Crippen LogP contribution in [0.15, 0.2) is 40.9 Å². The van der Waals surface area contributed by atoms with Gasteiger partial charge in [0.25, 0.3) is 5.91 Å². The minimum absolute atomic E-state index is 0.0983. The number of unbranched alkanes of at least 4 members (excludes halogenated alkanes) is 3. The van der Waals surface area contributed by atoms with Crippen LogP contribution in [0.5, 0.6) is 0 Å². The normalized spacial score (nSPS) is 28.0. The molecule has 1 aromatic carbocycles. The third kappa shape index (κ3) is 5.58. The van der Waals surface area contributed by atoms with Crippen molar-refractivity contribution in [2.24, 2.45) is 0 Å². The molecule has 34 heavy (non-hydrogen) atoms. The number of rotatable bonds is 10. The molecule has 3 rings (SSSR count). The molecule has 0 saturated carbocycles. The van der Waals surface area contributed by atoms with Crippen LogP contribution in [0.3, 0.4) is 0 Å². The molecule has 0 spiro atoms. The first kappa shape index (κ1) is 26.5. The van der Waals surface area contributed by atoms with Crippen molar-refractivity contribution < 1.29 is 38.8 Å². The van der Waals surface area contributed by atoms with E-state index in [1.165, 1.54) is 13.2 Å². The van der Waals surface area contributed by atoms with Crippen LogP contribution in [0, 0.1) is 0 Å². The van der Waals surface area contributed by atoms with Gasteiger partial charge in [0.05, 0.1) is 10.5 Å². The van der Waals surface area contributed by atoms with Crippen molar-refractivity contribution >= 4 is 33.7 Å². The van der Waals surface area contributed by atoms with Crippen LogP contribution in [-0.2, 0) is 23.8 Å². The van der Waals surface area contributed by atoms with Crippen molar-refractivity contribution in [2.75, 3.05) is 13.7 Å². The number of carbonyl (C=O) groups excluding carboxylic acids is 3. The fourth-order valence-corrected chi connectivity index (χ4v) is 4.72. The van der Waals surface area contributed by atoms with Crippen molar-refractivity contribution in [3.63, 3.8) is 0 Å². The van der Waals surface area contributed by atoms with Crippen LogP contribution in [0.25, 0.3) is 0 Å². The van der Waals surface area contributed by atoms with E-state index in [-0.39, 0.29) is 17.5 Å². The number of hydrogen-bond acceptors (Lipinski definition) is 8. The summed E-state index contributed by atoms with van der Waals surface area (Å²) in [6.45, 7) is 1.77. The first-order chi connectivity index (χ1) is 16.2. The second-order valence-electron chi connectivity index (χ2n) is 8.43. The number of cyclic esters (lactones) is 1. The molecule has 2 N–H and O–H groups in total. The summed E-state index contributed by atoms with van der Waals surface area (Å²) >= 11 is 3.20. The van der Waals surface area contributed by atoms with Crippen LogP contribution in [0.4, 0.5) is 4.79 Å². The molecular formula is C24H30BrNO8. The predicted octanol–water partition coefficient (Wildman–Crippen LogP) is 2.99. The maximum absolute atomic E-state index is 13.4. The third-order valence-corrected chi connectivity index (χ3v) is 6.92. The molecule has 0 bridgehead atoms. The van der Waals surface area contributed by atoms with Gasteiger partial charge in [-0.05, 0) is 47.3 Å². The molecule has 10 heteroatoms. The van der Waals surface area contributed by atoms with E-state index in [1.807, 2.05) is 18.2 Å². The second kappa shape index (κ2) is 11.5. The zero-order valence-electron chi connectivity index (χ0n) is 19.2. The van der Waals surface area contributed by atoms with Crippen LogP contribution >= 0.6 is 15.9 Å². The molecule has 0 aromatic heterocycles. The quantitative estimate of drug-likeness (QED) is 0.435. The van der Waals surface area contributed by atoms with E-state index >= 15 is 0 Å². The highest BCUT2D eigenvalue weighted by atomic mass is 79.9. The van der Waals surface area contributed by atoms with Crippen molar-refractivity contribution in [3.8, 4) is 0 Å². The number of amides is 2. The molecule has 2 heterocycles. The van der Waals surface area contributed by atoms with E-state index in [1.54, 1.807) is 19.1 Å². The summed E-state index contributed by atoms with van der Waals surface area (Å²) in [5, 5.41) is 20.0. The fourth-order valence-electron chi connectivity index (χ4n) is 4.20. The number of aliphatic hydroxyl groups is 2. The summed E-state index contributed by atoms with van der Waals surface area (Å²) in [5.74, 6) is -3.18. The average Bonchev–Trinajstić information content (AvgIpc) is 3.12. The number of aliphatic hydroxyl groups excluding tert-OH is 1. The van der Waals surface area contributed by atoms with Gasteiger partial charge in [0, 0.05) is 20.1 Å². The van der Waals surface area contributed by atoms with Crippen molar-refractivity contribution in [1.29, 1.82) is 0 Å². The van der Waals surface area contributed by atoms with E-state index in [0.717, 1.165) is 23.3 Å². The topological polar surface area (TPSA) is 123 Å². The molecule has 186 valence electrons. The van der Waals surface area contributed by atoms with Gasteiger partial charge in [0.2, 0.25) is 0 Å². The van der Waals surface area contributed by atoms with Crippen molar-refractivity contribution in [2.45, 2.75) is 69.2 Å². The van der Waals surface area contributed by atoms with E-state index < -0.39 is 47.9 Å². The smallest absolute Gasteiger partial charge is 0.417 e. The van der Waals surface area contributed by atoms with Gasteiger partial charge in [0.1, 0.15) is 6.10 Å². The maximum Gasteiger partial charge on any atom is 0.417 e. The Labute approximate surface area is 206 Å². The van der Waals surface area contributed by atoms with Crippen LogP contribution in [0.2, 0.25) is 0 Å². The summed E-state index contributed by atoms with van der Waals surface area (Å²) in [4.78, 5) is 39.7. The average molecular weight is 540 g/mol. The molecule has 5 atom stereocenters. The van der Waals surface area contributed by atoms with Gasteiger partial charge < -0.3 is 24.4 Å². The number of benzene rings is 1. The zero-order valence-corrected chi connectivity index (χ0v) is 20.8. The molecule has 9 nitrogen and oxygen atoms in total. The fraction of sp³-hybridized carbons (Fsp3) is 0.542. The van der Waals surface area contributed by atoms with Crippen LogP contribution < -0.4 is 0 Å². The monoisotopic (exact) mass is 539 g/mol. The Morgan fingerprint density at radius 3 is 2.53 bits per heavy atom. The summed E-state index contributed by atoms with van der Waals surface area (Å²) in [7, 11) is 1.24. The highest BCUT2D eigenvalue weighted by molar-refractivity contribution is 9.11. The molecule has 1 aromatic rings. The van der Waals surface area contributed by atoms with E-state index in [4.69, 9.17) is 19.3 Å². The Hall–Kier alpha value is -2.11. The molecule has 2 aliphatic rings. The first-order valence-electron chi connectivity index (χ1n) is 11.3. The van der Waals surface area contributed by atoms with Gasteiger partial charge in [-0.3, -0.25) is 9.59 Å². The lowest BCUT2D eigenvalue weighted by Gasteiger charge is -2.38. The third-order valence-electron chi connectivity index (χ3n) is 6.08. The van der Waals surface area contributed by atoms with E-state index in [2.05, 4.69) is 15.9 Å². The summed E-state index contributed by atoms with van der Waals surface area (Å²) in [6, 6.07) is 8.40. The summed E-state index contributed by atoms with van der Waals surface area (Å²) in [6.07, 6.45) is -0.307. The highest BCUT2D eigenvalue weighted by Crippen LogP contribution is 2.38. The Kier molecular flexibility index (Phi) is 9.00. The molecule has 5 unspecified atom stereocenters. The highest BCUT2D eigenvalue weighted by Gasteiger charge is 2.51. The molecule has 0 aliphatic carbocycles. The van der Waals surface area contributed by atoms with Gasteiger partial charge in [0.15, 0.2) is 23.8 Å². The Bertz CT molecular complexity index is 923. The molecule has 2 aliphatic heterocycles. The van der Waals surface area contributed by atoms with Crippen molar-refractivity contribution in [1.82, 2.24) is 4.90 Å². The molecule has 2 amide bonds. The minimum Gasteiger partial charge on any atom is -0.439 e. The first-order valence-corrected chi connectivity index (χ1v) is 12.1. The molecule has 1 fully saturated rings. The molecular weight excluding hydrogens is 510 g/mol. The number of ketones is 1. The number of methoxy groups -OCH3 is 1. The predicted molar refractivity (Wildman–Crippen MR) is 125 cm³/mol. The molecule has 0 radical (unpaired) electrons. The zero-order chi connectivity index (χ0) is 24.9. The number of ether oxygens (including phenoxy) is 3.